The van der Waals surface area contributed by atoms with Gasteiger partial charge in [0, 0.05) is 5.02 Å². The van der Waals surface area contributed by atoms with Crippen LogP contribution in [-0.2, 0) is 11.3 Å². The van der Waals surface area contributed by atoms with Crippen LogP contribution in [0.25, 0.3) is 20.8 Å². The van der Waals surface area contributed by atoms with Crippen molar-refractivity contribution in [1.82, 2.24) is 9.97 Å². The van der Waals surface area contributed by atoms with Crippen molar-refractivity contribution in [3.8, 4) is 16.3 Å². The average Bonchev–Trinajstić information content (AvgIpc) is 3.32. The minimum Gasteiger partial charge on any atom is -0.496 e. The Bertz CT molecular complexity index is 1190. The predicted molar refractivity (Wildman–Crippen MR) is 117 cm³/mol. The molecule has 0 aliphatic rings. The minimum absolute atomic E-state index is 0.176. The standard InChI is InChI=1S/C20H16ClN3O3S2/c1-11-18(29-19(23-11)14-5-4-13(21)8-16(14)26-2)24-20(25)27-9-12-3-6-15-17(7-12)28-10-22-15/h3-8,10H,9H2,1-2H3,(H,24,25). The first-order valence-corrected chi connectivity index (χ1v) is 10.7. The van der Waals surface area contributed by atoms with Crippen LogP contribution in [-0.4, -0.2) is 23.2 Å². The van der Waals surface area contributed by atoms with Crippen LogP contribution in [0, 0.1) is 6.92 Å². The summed E-state index contributed by atoms with van der Waals surface area (Å²) in [6, 6.07) is 11.1. The Morgan fingerprint density at radius 1 is 1.24 bits per heavy atom. The number of hydrogen-bond acceptors (Lipinski definition) is 7. The number of ether oxygens (including phenoxy) is 2. The van der Waals surface area contributed by atoms with Gasteiger partial charge in [0.1, 0.15) is 22.4 Å². The van der Waals surface area contributed by atoms with E-state index in [4.69, 9.17) is 21.1 Å². The summed E-state index contributed by atoms with van der Waals surface area (Å²) in [6.45, 7) is 2.01. The monoisotopic (exact) mass is 445 g/mol. The van der Waals surface area contributed by atoms with Gasteiger partial charge in [0.25, 0.3) is 0 Å². The molecule has 0 radical (unpaired) electrons. The molecule has 0 saturated heterocycles. The number of methoxy groups -OCH3 is 1. The van der Waals surface area contributed by atoms with E-state index in [1.54, 1.807) is 36.1 Å². The average molecular weight is 446 g/mol. The van der Waals surface area contributed by atoms with Crippen LogP contribution in [0.2, 0.25) is 5.02 Å². The highest BCUT2D eigenvalue weighted by Crippen LogP contribution is 2.38. The molecule has 0 fully saturated rings. The first kappa shape index (κ1) is 19.6. The summed E-state index contributed by atoms with van der Waals surface area (Å²) in [5, 5.41) is 4.70. The summed E-state index contributed by atoms with van der Waals surface area (Å²) >= 11 is 8.93. The van der Waals surface area contributed by atoms with Gasteiger partial charge < -0.3 is 9.47 Å². The molecule has 1 amide bonds. The summed E-state index contributed by atoms with van der Waals surface area (Å²) in [6.07, 6.45) is -0.532. The molecule has 0 saturated carbocycles. The molecule has 0 atom stereocenters. The van der Waals surface area contributed by atoms with Crippen molar-refractivity contribution in [3.05, 3.63) is 58.2 Å². The first-order chi connectivity index (χ1) is 14.0. The number of amides is 1. The molecule has 0 unspecified atom stereocenters. The summed E-state index contributed by atoms with van der Waals surface area (Å²) in [7, 11) is 1.58. The zero-order valence-corrected chi connectivity index (χ0v) is 18.0. The fraction of sp³-hybridized carbons (Fsp3) is 0.150. The van der Waals surface area contributed by atoms with Gasteiger partial charge in [-0.25, -0.2) is 14.8 Å². The molecule has 2 aromatic heterocycles. The summed E-state index contributed by atoms with van der Waals surface area (Å²) < 4.78 is 11.8. The van der Waals surface area contributed by atoms with Gasteiger partial charge in [0.15, 0.2) is 0 Å². The lowest BCUT2D eigenvalue weighted by atomic mass is 10.2. The van der Waals surface area contributed by atoms with Gasteiger partial charge in [0.2, 0.25) is 0 Å². The van der Waals surface area contributed by atoms with E-state index >= 15 is 0 Å². The van der Waals surface area contributed by atoms with E-state index in [-0.39, 0.29) is 6.61 Å². The second kappa shape index (κ2) is 8.36. The fourth-order valence-corrected chi connectivity index (χ4v) is 4.62. The molecule has 0 spiro atoms. The topological polar surface area (TPSA) is 73.3 Å². The number of halogens is 1. The highest BCUT2D eigenvalue weighted by Gasteiger charge is 2.16. The van der Waals surface area contributed by atoms with Crippen molar-refractivity contribution < 1.29 is 14.3 Å². The van der Waals surface area contributed by atoms with Crippen molar-refractivity contribution in [2.24, 2.45) is 0 Å². The zero-order chi connectivity index (χ0) is 20.4. The van der Waals surface area contributed by atoms with Crippen LogP contribution in [0.3, 0.4) is 0 Å². The number of nitrogens with one attached hydrogen (secondary N) is 1. The SMILES string of the molecule is COc1cc(Cl)ccc1-c1nc(C)c(NC(=O)OCc2ccc3ncsc3c2)s1. The zero-order valence-electron chi connectivity index (χ0n) is 15.6. The van der Waals surface area contributed by atoms with Gasteiger partial charge in [-0.1, -0.05) is 29.0 Å². The molecule has 29 heavy (non-hydrogen) atoms. The number of rotatable bonds is 5. The van der Waals surface area contributed by atoms with Crippen LogP contribution in [0.1, 0.15) is 11.3 Å². The molecule has 2 heterocycles. The Kier molecular flexibility index (Phi) is 5.66. The van der Waals surface area contributed by atoms with Crippen LogP contribution in [0.15, 0.2) is 41.9 Å². The van der Waals surface area contributed by atoms with Gasteiger partial charge in [-0.2, -0.15) is 0 Å². The molecular formula is C20H16ClN3O3S2. The highest BCUT2D eigenvalue weighted by molar-refractivity contribution is 7.19. The fourth-order valence-electron chi connectivity index (χ4n) is 2.74. The quantitative estimate of drug-likeness (QED) is 0.399. The third-order valence-electron chi connectivity index (χ3n) is 4.17. The molecule has 9 heteroatoms. The number of aromatic nitrogens is 2. The van der Waals surface area contributed by atoms with Crippen molar-refractivity contribution >= 4 is 55.6 Å². The van der Waals surface area contributed by atoms with Gasteiger partial charge in [-0.15, -0.1) is 11.3 Å². The maximum absolute atomic E-state index is 12.3. The summed E-state index contributed by atoms with van der Waals surface area (Å²) in [4.78, 5) is 21.0. The molecular weight excluding hydrogens is 430 g/mol. The molecule has 148 valence electrons. The maximum atomic E-state index is 12.3. The van der Waals surface area contributed by atoms with Crippen molar-refractivity contribution in [1.29, 1.82) is 0 Å². The van der Waals surface area contributed by atoms with E-state index in [1.807, 2.05) is 31.2 Å². The van der Waals surface area contributed by atoms with E-state index in [1.165, 1.54) is 11.3 Å². The van der Waals surface area contributed by atoms with Gasteiger partial charge in [-0.3, -0.25) is 5.32 Å². The second-order valence-corrected chi connectivity index (χ2v) is 8.46. The molecule has 0 aliphatic heterocycles. The van der Waals surface area contributed by atoms with Crippen LogP contribution in [0.4, 0.5) is 9.80 Å². The van der Waals surface area contributed by atoms with Crippen molar-refractivity contribution in [2.45, 2.75) is 13.5 Å². The third kappa shape index (κ3) is 4.34. The number of benzene rings is 2. The van der Waals surface area contributed by atoms with Gasteiger partial charge in [0.05, 0.1) is 34.1 Å². The van der Waals surface area contributed by atoms with Gasteiger partial charge >= 0.3 is 6.09 Å². The summed E-state index contributed by atoms with van der Waals surface area (Å²) in [5.74, 6) is 0.624. The Labute approximate surface area is 180 Å². The lowest BCUT2D eigenvalue weighted by Crippen LogP contribution is -2.13. The number of hydrogen-bond donors (Lipinski definition) is 1. The van der Waals surface area contributed by atoms with E-state index < -0.39 is 6.09 Å². The second-order valence-electron chi connectivity index (χ2n) is 6.13. The number of fused-ring (bicyclic) bond motifs is 1. The molecule has 0 aliphatic carbocycles. The Balaban J connectivity index is 1.44. The first-order valence-electron chi connectivity index (χ1n) is 8.60. The Hall–Kier alpha value is -2.68. The smallest absolute Gasteiger partial charge is 0.412 e. The number of carbonyl (C=O) groups is 1. The number of nitrogens with zero attached hydrogens (tertiary/aromatic N) is 2. The highest BCUT2D eigenvalue weighted by atomic mass is 35.5. The lowest BCUT2D eigenvalue weighted by Gasteiger charge is -2.06. The van der Waals surface area contributed by atoms with E-state index in [2.05, 4.69) is 15.3 Å². The number of carbonyl (C=O) groups excluding carboxylic acids is 1. The molecule has 4 rings (SSSR count). The number of aryl methyl sites for hydroxylation is 1. The van der Waals surface area contributed by atoms with Crippen LogP contribution in [0.5, 0.6) is 5.75 Å². The maximum Gasteiger partial charge on any atom is 0.412 e. The molecule has 0 bridgehead atoms. The van der Waals surface area contributed by atoms with Crippen molar-refractivity contribution in [3.63, 3.8) is 0 Å². The largest absolute Gasteiger partial charge is 0.496 e. The lowest BCUT2D eigenvalue weighted by molar-refractivity contribution is 0.155. The summed E-state index contributed by atoms with van der Waals surface area (Å²) in [5.41, 5.74) is 5.15. The third-order valence-corrected chi connectivity index (χ3v) is 6.30. The predicted octanol–water partition coefficient (Wildman–Crippen LogP) is 6.14. The molecule has 2 aromatic carbocycles. The molecule has 1 N–H and O–H groups in total. The van der Waals surface area contributed by atoms with Gasteiger partial charge in [-0.05, 0) is 42.8 Å². The van der Waals surface area contributed by atoms with Crippen molar-refractivity contribution in [2.75, 3.05) is 12.4 Å². The van der Waals surface area contributed by atoms with E-state index in [0.717, 1.165) is 26.4 Å². The normalized spacial score (nSPS) is 10.9. The minimum atomic E-state index is -0.532. The van der Waals surface area contributed by atoms with Crippen LogP contribution < -0.4 is 10.1 Å². The molecule has 4 aromatic rings. The van der Waals surface area contributed by atoms with Crippen LogP contribution >= 0.6 is 34.3 Å². The number of thiazole rings is 2. The van der Waals surface area contributed by atoms with E-state index in [9.17, 15) is 4.79 Å². The van der Waals surface area contributed by atoms with E-state index in [0.29, 0.717) is 21.5 Å². The Morgan fingerprint density at radius 3 is 2.93 bits per heavy atom. The number of anilines is 1. The molecule has 6 nitrogen and oxygen atoms in total. The Morgan fingerprint density at radius 2 is 2.10 bits per heavy atom.